The highest BCUT2D eigenvalue weighted by molar-refractivity contribution is 7.90. The minimum atomic E-state index is -3.99. The highest BCUT2D eigenvalue weighted by Crippen LogP contribution is 2.11. The fraction of sp³-hybridized carbons (Fsp3) is 0.133. The summed E-state index contributed by atoms with van der Waals surface area (Å²) >= 11 is 0. The molecule has 126 valence electrons. The van der Waals surface area contributed by atoms with Gasteiger partial charge in [0.25, 0.3) is 10.0 Å². The molecule has 0 fully saturated rings. The van der Waals surface area contributed by atoms with E-state index in [4.69, 9.17) is 0 Å². The molecule has 9 heteroatoms. The largest absolute Gasteiger partial charge is 0.334 e. The second-order valence-electron chi connectivity index (χ2n) is 4.96. The van der Waals surface area contributed by atoms with Crippen LogP contribution in [0.15, 0.2) is 47.4 Å². The summed E-state index contributed by atoms with van der Waals surface area (Å²) in [4.78, 5) is 26.8. The molecule has 1 aromatic heterocycles. The number of nitrogens with one attached hydrogen (secondary N) is 3. The van der Waals surface area contributed by atoms with E-state index in [1.165, 1.54) is 31.2 Å². The molecule has 0 spiro atoms. The molecule has 0 aliphatic carbocycles. The van der Waals surface area contributed by atoms with E-state index in [2.05, 4.69) is 15.6 Å². The van der Waals surface area contributed by atoms with E-state index in [-0.39, 0.29) is 22.4 Å². The zero-order chi connectivity index (χ0) is 17.7. The maximum atomic E-state index is 12.1. The lowest BCUT2D eigenvalue weighted by molar-refractivity contribution is -0.114. The second kappa shape index (κ2) is 7.09. The van der Waals surface area contributed by atoms with Crippen LogP contribution in [-0.2, 0) is 14.8 Å². The number of nitrogens with zero attached hydrogens (tertiary/aromatic N) is 1. The summed E-state index contributed by atoms with van der Waals surface area (Å²) < 4.78 is 26.1. The van der Waals surface area contributed by atoms with E-state index >= 15 is 0 Å². The Morgan fingerprint density at radius 2 is 1.54 bits per heavy atom. The summed E-state index contributed by atoms with van der Waals surface area (Å²) in [6.45, 7) is 3.15. The Bertz CT molecular complexity index is 863. The number of urea groups is 1. The van der Waals surface area contributed by atoms with Gasteiger partial charge in [-0.2, -0.15) is 0 Å². The highest BCUT2D eigenvalue weighted by Gasteiger charge is 2.17. The van der Waals surface area contributed by atoms with Crippen molar-refractivity contribution in [3.8, 4) is 0 Å². The average molecular weight is 348 g/mol. The summed E-state index contributed by atoms with van der Waals surface area (Å²) in [6.07, 6.45) is 0. The molecule has 0 unspecified atom stereocenters. The number of benzene rings is 1. The van der Waals surface area contributed by atoms with E-state index in [9.17, 15) is 18.0 Å². The van der Waals surface area contributed by atoms with Crippen molar-refractivity contribution in [1.82, 2.24) is 9.71 Å². The van der Waals surface area contributed by atoms with Crippen LogP contribution >= 0.6 is 0 Å². The van der Waals surface area contributed by atoms with Gasteiger partial charge in [0.15, 0.2) is 0 Å². The molecule has 8 nitrogen and oxygen atoms in total. The first-order valence-electron chi connectivity index (χ1n) is 6.91. The van der Waals surface area contributed by atoms with E-state index in [0.717, 1.165) is 5.56 Å². The number of aryl methyl sites for hydroxylation is 1. The van der Waals surface area contributed by atoms with Gasteiger partial charge in [0.2, 0.25) is 5.91 Å². The molecule has 0 bridgehead atoms. The third-order valence-corrected chi connectivity index (χ3v) is 4.20. The molecular weight excluding hydrogens is 332 g/mol. The number of amides is 3. The van der Waals surface area contributed by atoms with Gasteiger partial charge in [-0.05, 0) is 31.2 Å². The molecule has 24 heavy (non-hydrogen) atoms. The lowest BCUT2D eigenvalue weighted by Crippen LogP contribution is -2.34. The molecule has 0 atom stereocenters. The van der Waals surface area contributed by atoms with Crippen LogP contribution in [-0.4, -0.2) is 25.3 Å². The van der Waals surface area contributed by atoms with Gasteiger partial charge in [-0.1, -0.05) is 23.8 Å². The van der Waals surface area contributed by atoms with Crippen LogP contribution in [0.5, 0.6) is 0 Å². The van der Waals surface area contributed by atoms with Gasteiger partial charge in [-0.25, -0.2) is 22.9 Å². The van der Waals surface area contributed by atoms with Crippen LogP contribution in [0, 0.1) is 6.92 Å². The van der Waals surface area contributed by atoms with Crippen molar-refractivity contribution in [3.05, 3.63) is 48.0 Å². The Morgan fingerprint density at radius 3 is 2.12 bits per heavy atom. The van der Waals surface area contributed by atoms with Gasteiger partial charge in [-0.15, -0.1) is 0 Å². The third-order valence-electron chi connectivity index (χ3n) is 2.85. The van der Waals surface area contributed by atoms with Crippen molar-refractivity contribution in [2.45, 2.75) is 18.7 Å². The summed E-state index contributed by atoms with van der Waals surface area (Å²) in [7, 11) is -3.99. The van der Waals surface area contributed by atoms with Gasteiger partial charge in [0.1, 0.15) is 11.6 Å². The first kappa shape index (κ1) is 17.4. The van der Waals surface area contributed by atoms with Crippen molar-refractivity contribution in [3.63, 3.8) is 0 Å². The van der Waals surface area contributed by atoms with Crippen LogP contribution in [0.1, 0.15) is 12.5 Å². The first-order valence-corrected chi connectivity index (χ1v) is 8.40. The quantitative estimate of drug-likeness (QED) is 0.779. The summed E-state index contributed by atoms with van der Waals surface area (Å²) in [6, 6.07) is 9.67. The number of hydrogen-bond acceptors (Lipinski definition) is 5. The van der Waals surface area contributed by atoms with E-state index in [1.54, 1.807) is 18.2 Å². The zero-order valence-corrected chi connectivity index (χ0v) is 13.8. The summed E-state index contributed by atoms with van der Waals surface area (Å²) in [5.74, 6) is 0.0191. The Kier molecular flexibility index (Phi) is 5.14. The molecular formula is C15H16N4O4S. The average Bonchev–Trinajstić information content (AvgIpc) is 2.46. The third kappa shape index (κ3) is 4.78. The van der Waals surface area contributed by atoms with Crippen LogP contribution in [0.25, 0.3) is 0 Å². The number of hydrogen-bond donors (Lipinski definition) is 3. The molecule has 3 amide bonds. The monoisotopic (exact) mass is 348 g/mol. The van der Waals surface area contributed by atoms with Crippen LogP contribution in [0.2, 0.25) is 0 Å². The van der Waals surface area contributed by atoms with Crippen LogP contribution in [0.3, 0.4) is 0 Å². The lowest BCUT2D eigenvalue weighted by atomic mass is 10.2. The van der Waals surface area contributed by atoms with Crippen molar-refractivity contribution < 1.29 is 18.0 Å². The number of rotatable bonds is 4. The fourth-order valence-electron chi connectivity index (χ4n) is 1.79. The Hall–Kier alpha value is -2.94. The van der Waals surface area contributed by atoms with Crippen LogP contribution in [0.4, 0.5) is 16.4 Å². The second-order valence-corrected chi connectivity index (χ2v) is 6.64. The topological polar surface area (TPSA) is 117 Å². The Balaban J connectivity index is 2.07. The molecule has 2 aromatic rings. The van der Waals surface area contributed by atoms with Gasteiger partial charge in [0.05, 0.1) is 4.90 Å². The molecule has 0 saturated heterocycles. The van der Waals surface area contributed by atoms with Gasteiger partial charge >= 0.3 is 6.03 Å². The van der Waals surface area contributed by atoms with E-state index < -0.39 is 16.1 Å². The van der Waals surface area contributed by atoms with Gasteiger partial charge in [-0.3, -0.25) is 10.1 Å². The zero-order valence-electron chi connectivity index (χ0n) is 13.0. The van der Waals surface area contributed by atoms with E-state index in [1.807, 2.05) is 11.6 Å². The number of aromatic nitrogens is 1. The number of carbonyl (C=O) groups is 2. The number of pyridine rings is 1. The first-order chi connectivity index (χ1) is 11.3. The van der Waals surface area contributed by atoms with Crippen molar-refractivity contribution in [1.29, 1.82) is 0 Å². The predicted molar refractivity (Wildman–Crippen MR) is 89.1 cm³/mol. The Labute approximate surface area is 139 Å². The molecule has 1 heterocycles. The molecule has 3 N–H and O–H groups in total. The van der Waals surface area contributed by atoms with E-state index in [0.29, 0.717) is 0 Å². The summed E-state index contributed by atoms with van der Waals surface area (Å²) in [5.41, 5.74) is 0.900. The van der Waals surface area contributed by atoms with Crippen molar-refractivity contribution >= 4 is 33.6 Å². The fourth-order valence-corrected chi connectivity index (χ4v) is 2.70. The molecule has 0 aliphatic heterocycles. The Morgan fingerprint density at radius 1 is 0.958 bits per heavy atom. The molecule has 0 saturated carbocycles. The predicted octanol–water partition coefficient (Wildman–Crippen LogP) is 1.86. The lowest BCUT2D eigenvalue weighted by Gasteiger charge is -2.09. The number of carbonyl (C=O) groups excluding carboxylic acids is 2. The number of anilines is 2. The maximum Gasteiger partial charge on any atom is 0.334 e. The van der Waals surface area contributed by atoms with Gasteiger partial charge in [0, 0.05) is 6.92 Å². The SMILES string of the molecule is CC(=O)Nc1cccc(NC(=O)NS(=O)(=O)c2ccc(C)cc2)n1. The number of sulfonamides is 1. The van der Waals surface area contributed by atoms with Crippen LogP contribution < -0.4 is 15.4 Å². The minimum Gasteiger partial charge on any atom is -0.311 e. The van der Waals surface area contributed by atoms with Crippen molar-refractivity contribution in [2.24, 2.45) is 0 Å². The molecule has 1 aromatic carbocycles. The molecule has 0 aliphatic rings. The summed E-state index contributed by atoms with van der Waals surface area (Å²) in [5, 5.41) is 4.76. The standard InChI is InChI=1S/C15H16N4O4S/c1-10-6-8-12(9-7-10)24(22,23)19-15(21)18-14-5-3-4-13(17-14)16-11(2)20/h3-9H,1-2H3,(H3,16,17,18,19,20,21). The minimum absolute atomic E-state index is 0.0248. The molecule has 0 radical (unpaired) electrons. The smallest absolute Gasteiger partial charge is 0.311 e. The highest BCUT2D eigenvalue weighted by atomic mass is 32.2. The normalized spacial score (nSPS) is 10.8. The maximum absolute atomic E-state index is 12.1. The van der Waals surface area contributed by atoms with Gasteiger partial charge < -0.3 is 5.32 Å². The van der Waals surface area contributed by atoms with Crippen molar-refractivity contribution in [2.75, 3.05) is 10.6 Å². The molecule has 2 rings (SSSR count).